The summed E-state index contributed by atoms with van der Waals surface area (Å²) < 4.78 is 0.932. The van der Waals surface area contributed by atoms with Gasteiger partial charge in [-0.1, -0.05) is 38.2 Å². The third-order valence-corrected chi connectivity index (χ3v) is 4.71. The van der Waals surface area contributed by atoms with Crippen LogP contribution in [0.4, 0.5) is 5.69 Å². The minimum absolute atomic E-state index is 0.0293. The van der Waals surface area contributed by atoms with Gasteiger partial charge in [0.15, 0.2) is 0 Å². The number of carbonyl (C=O) groups excluding carboxylic acids is 1. The lowest BCUT2D eigenvalue weighted by atomic mass is 9.97. The van der Waals surface area contributed by atoms with Gasteiger partial charge in [0.25, 0.3) is 0 Å². The number of halogens is 1. The van der Waals surface area contributed by atoms with E-state index >= 15 is 0 Å². The lowest BCUT2D eigenvalue weighted by molar-refractivity contribution is -0.115. The Balaban J connectivity index is 1.78. The molecule has 2 N–H and O–H groups in total. The summed E-state index contributed by atoms with van der Waals surface area (Å²) in [5.74, 6) is 0.0293. The maximum atomic E-state index is 12.1. The molecule has 0 aromatic heterocycles. The van der Waals surface area contributed by atoms with E-state index in [1.165, 1.54) is 50.5 Å². The van der Waals surface area contributed by atoms with Crippen LogP contribution in [0.2, 0.25) is 0 Å². The largest absolute Gasteiger partial charge is 0.324 e. The lowest BCUT2D eigenvalue weighted by Crippen LogP contribution is -2.36. The topological polar surface area (TPSA) is 41.1 Å². The first-order chi connectivity index (χ1) is 10.1. The number of carbonyl (C=O) groups is 1. The maximum Gasteiger partial charge on any atom is 0.238 e. The smallest absolute Gasteiger partial charge is 0.238 e. The highest BCUT2D eigenvalue weighted by atomic mass is 79.9. The zero-order chi connectivity index (χ0) is 15.1. The Bertz CT molecular complexity index is 468. The predicted molar refractivity (Wildman–Crippen MR) is 91.6 cm³/mol. The van der Waals surface area contributed by atoms with Gasteiger partial charge in [-0.25, -0.2) is 0 Å². The molecule has 1 aromatic carbocycles. The molecular weight excluding hydrogens is 328 g/mol. The Morgan fingerprint density at radius 3 is 2.52 bits per heavy atom. The van der Waals surface area contributed by atoms with Crippen LogP contribution >= 0.6 is 15.9 Å². The molecule has 2 rings (SSSR count). The van der Waals surface area contributed by atoms with Gasteiger partial charge in [0.2, 0.25) is 5.91 Å². The average molecular weight is 353 g/mol. The van der Waals surface area contributed by atoms with Crippen molar-refractivity contribution in [3.63, 3.8) is 0 Å². The molecule has 0 spiro atoms. The molecule has 1 aromatic rings. The van der Waals surface area contributed by atoms with Gasteiger partial charge in [-0.05, 0) is 53.4 Å². The molecular formula is C17H25BrN2O. The van der Waals surface area contributed by atoms with Gasteiger partial charge in [0.05, 0.1) is 12.2 Å². The van der Waals surface area contributed by atoms with Crippen molar-refractivity contribution in [2.75, 3.05) is 11.9 Å². The Kier molecular flexibility index (Phi) is 6.71. The zero-order valence-electron chi connectivity index (χ0n) is 12.8. The van der Waals surface area contributed by atoms with Gasteiger partial charge in [-0.2, -0.15) is 0 Å². The molecule has 0 unspecified atom stereocenters. The van der Waals surface area contributed by atoms with Crippen molar-refractivity contribution in [3.8, 4) is 0 Å². The molecule has 0 radical (unpaired) electrons. The number of nitrogens with one attached hydrogen (secondary N) is 2. The molecule has 1 fully saturated rings. The van der Waals surface area contributed by atoms with Crippen LogP contribution < -0.4 is 10.6 Å². The predicted octanol–water partition coefficient (Wildman–Crippen LogP) is 4.40. The monoisotopic (exact) mass is 352 g/mol. The van der Waals surface area contributed by atoms with Crippen molar-refractivity contribution < 1.29 is 4.79 Å². The third kappa shape index (κ3) is 5.79. The summed E-state index contributed by atoms with van der Waals surface area (Å²) in [5.41, 5.74) is 2.01. The van der Waals surface area contributed by atoms with Crippen LogP contribution in [-0.4, -0.2) is 18.5 Å². The minimum Gasteiger partial charge on any atom is -0.324 e. The van der Waals surface area contributed by atoms with Gasteiger partial charge >= 0.3 is 0 Å². The van der Waals surface area contributed by atoms with E-state index in [4.69, 9.17) is 0 Å². The number of benzene rings is 1. The van der Waals surface area contributed by atoms with Gasteiger partial charge in [-0.3, -0.25) is 4.79 Å². The Morgan fingerprint density at radius 2 is 1.86 bits per heavy atom. The fourth-order valence-electron chi connectivity index (χ4n) is 2.81. The number of hydrogen-bond acceptors (Lipinski definition) is 2. The second-order valence-corrected chi connectivity index (χ2v) is 6.81. The number of aryl methyl sites for hydroxylation is 1. The standard InChI is InChI=1S/C17H25BrN2O/c1-13-9-10-16(15(18)11-13)20-17(21)12-19-14-7-5-3-2-4-6-8-14/h9-11,14,19H,2-8,12H2,1H3,(H,20,21). The minimum atomic E-state index is 0.0293. The second-order valence-electron chi connectivity index (χ2n) is 5.95. The molecule has 0 saturated heterocycles. The highest BCUT2D eigenvalue weighted by Crippen LogP contribution is 2.23. The van der Waals surface area contributed by atoms with Crippen molar-refractivity contribution in [2.24, 2.45) is 0 Å². The van der Waals surface area contributed by atoms with Crippen molar-refractivity contribution >= 4 is 27.5 Å². The maximum absolute atomic E-state index is 12.1. The number of amides is 1. The summed E-state index contributed by atoms with van der Waals surface area (Å²) in [5, 5.41) is 6.37. The van der Waals surface area contributed by atoms with Crippen LogP contribution in [0, 0.1) is 6.92 Å². The summed E-state index contributed by atoms with van der Waals surface area (Å²) in [6, 6.07) is 6.45. The van der Waals surface area contributed by atoms with E-state index in [0.29, 0.717) is 12.6 Å². The molecule has 1 amide bonds. The third-order valence-electron chi connectivity index (χ3n) is 4.06. The van der Waals surface area contributed by atoms with Crippen LogP contribution in [-0.2, 0) is 4.79 Å². The normalized spacial score (nSPS) is 17.0. The van der Waals surface area contributed by atoms with Gasteiger partial charge in [0, 0.05) is 10.5 Å². The van der Waals surface area contributed by atoms with Gasteiger partial charge in [-0.15, -0.1) is 0 Å². The fraction of sp³-hybridized carbons (Fsp3) is 0.588. The first-order valence-electron chi connectivity index (χ1n) is 7.94. The molecule has 21 heavy (non-hydrogen) atoms. The molecule has 116 valence electrons. The second kappa shape index (κ2) is 8.54. The summed E-state index contributed by atoms with van der Waals surface area (Å²) in [6.45, 7) is 2.43. The lowest BCUT2D eigenvalue weighted by Gasteiger charge is -2.20. The molecule has 3 nitrogen and oxygen atoms in total. The molecule has 0 atom stereocenters. The van der Waals surface area contributed by atoms with Gasteiger partial charge in [0.1, 0.15) is 0 Å². The summed E-state index contributed by atoms with van der Waals surface area (Å²) in [4.78, 5) is 12.1. The van der Waals surface area contributed by atoms with E-state index in [2.05, 4.69) is 26.6 Å². The zero-order valence-corrected chi connectivity index (χ0v) is 14.3. The van der Waals surface area contributed by atoms with E-state index < -0.39 is 0 Å². The van der Waals surface area contributed by atoms with Crippen molar-refractivity contribution in [1.82, 2.24) is 5.32 Å². The molecule has 1 aliphatic carbocycles. The van der Waals surface area contributed by atoms with Crippen LogP contribution in [0.3, 0.4) is 0 Å². The van der Waals surface area contributed by atoms with E-state index in [9.17, 15) is 4.79 Å². The highest BCUT2D eigenvalue weighted by molar-refractivity contribution is 9.10. The highest BCUT2D eigenvalue weighted by Gasteiger charge is 2.12. The van der Waals surface area contributed by atoms with E-state index in [1.807, 2.05) is 25.1 Å². The average Bonchev–Trinajstić information content (AvgIpc) is 2.41. The van der Waals surface area contributed by atoms with Crippen LogP contribution in [0.5, 0.6) is 0 Å². The molecule has 0 heterocycles. The van der Waals surface area contributed by atoms with Crippen molar-refractivity contribution in [2.45, 2.75) is 57.9 Å². The fourth-order valence-corrected chi connectivity index (χ4v) is 3.41. The Hall–Kier alpha value is -0.870. The van der Waals surface area contributed by atoms with Crippen LogP contribution in [0.1, 0.15) is 50.5 Å². The first-order valence-corrected chi connectivity index (χ1v) is 8.74. The Labute approximate surface area is 136 Å². The van der Waals surface area contributed by atoms with E-state index in [-0.39, 0.29) is 5.91 Å². The molecule has 4 heteroatoms. The van der Waals surface area contributed by atoms with Crippen LogP contribution in [0.15, 0.2) is 22.7 Å². The summed E-state index contributed by atoms with van der Waals surface area (Å²) in [7, 11) is 0. The molecule has 0 bridgehead atoms. The first kappa shape index (κ1) is 16.5. The van der Waals surface area contributed by atoms with Crippen molar-refractivity contribution in [1.29, 1.82) is 0 Å². The summed E-state index contributed by atoms with van der Waals surface area (Å²) in [6.07, 6.45) is 8.99. The number of rotatable bonds is 4. The molecule has 0 aliphatic heterocycles. The van der Waals surface area contributed by atoms with Crippen molar-refractivity contribution in [3.05, 3.63) is 28.2 Å². The molecule has 1 aliphatic rings. The molecule has 1 saturated carbocycles. The number of anilines is 1. The quantitative estimate of drug-likeness (QED) is 0.842. The van der Waals surface area contributed by atoms with E-state index in [0.717, 1.165) is 10.2 Å². The number of hydrogen-bond donors (Lipinski definition) is 2. The van der Waals surface area contributed by atoms with E-state index in [1.54, 1.807) is 0 Å². The Morgan fingerprint density at radius 1 is 1.19 bits per heavy atom. The van der Waals surface area contributed by atoms with Gasteiger partial charge < -0.3 is 10.6 Å². The summed E-state index contributed by atoms with van der Waals surface area (Å²) >= 11 is 3.49. The van der Waals surface area contributed by atoms with Crippen LogP contribution in [0.25, 0.3) is 0 Å². The SMILES string of the molecule is Cc1ccc(NC(=O)CNC2CCCCCCC2)c(Br)c1.